The first kappa shape index (κ1) is 18.2. The predicted molar refractivity (Wildman–Crippen MR) is 129 cm³/mol. The maximum atomic E-state index is 11.7. The average molecular weight is 465 g/mol. The van der Waals surface area contributed by atoms with Gasteiger partial charge in [0.1, 0.15) is 35.7 Å². The Morgan fingerprint density at radius 3 is 2.97 bits per heavy atom. The summed E-state index contributed by atoms with van der Waals surface area (Å²) < 4.78 is 36.1. The minimum atomic E-state index is -2.62. The van der Waals surface area contributed by atoms with Gasteiger partial charge >= 0.3 is 0 Å². The number of ether oxygens (including phenoxy) is 2. The van der Waals surface area contributed by atoms with E-state index in [-0.39, 0.29) is 17.6 Å². The Labute approximate surface area is 203 Å². The monoisotopic (exact) mass is 464 g/mol. The van der Waals surface area contributed by atoms with Crippen LogP contribution < -0.4 is 15.8 Å². The molecule has 4 heterocycles. The van der Waals surface area contributed by atoms with Crippen LogP contribution in [0.25, 0.3) is 22.2 Å². The highest BCUT2D eigenvalue weighted by Crippen LogP contribution is 2.45. The lowest BCUT2D eigenvalue weighted by Crippen LogP contribution is -2.36. The van der Waals surface area contributed by atoms with Crippen molar-refractivity contribution >= 4 is 22.8 Å². The fourth-order valence-corrected chi connectivity index (χ4v) is 5.79. The molecule has 2 bridgehead atoms. The molecule has 8 nitrogen and oxygen atoms in total. The van der Waals surface area contributed by atoms with Crippen molar-refractivity contribution < 1.29 is 18.4 Å². The predicted octanol–water partition coefficient (Wildman–Crippen LogP) is 3.86. The molecule has 2 saturated heterocycles. The smallest absolute Gasteiger partial charge is 0.216 e. The number of nitrogens with two attached hydrogens (primary N) is 1. The number of amides is 1. The summed E-state index contributed by atoms with van der Waals surface area (Å²) in [6.45, 7) is -1.71. The Morgan fingerprint density at radius 2 is 2.21 bits per heavy atom. The van der Waals surface area contributed by atoms with Gasteiger partial charge in [0.2, 0.25) is 5.91 Å². The molecule has 1 aromatic carbocycles. The number of anilines is 1. The Bertz CT molecular complexity index is 1330. The summed E-state index contributed by atoms with van der Waals surface area (Å²) in [5.74, 6) is 0.511. The van der Waals surface area contributed by atoms with Crippen molar-refractivity contribution in [3.63, 3.8) is 0 Å². The van der Waals surface area contributed by atoms with Crippen LogP contribution in [-0.4, -0.2) is 45.3 Å². The molecule has 0 spiro atoms. The van der Waals surface area contributed by atoms with Gasteiger partial charge in [-0.05, 0) is 62.1 Å². The Hall–Kier alpha value is -3.13. The molecule has 3 N–H and O–H groups in total. The molecule has 178 valence electrons. The summed E-state index contributed by atoms with van der Waals surface area (Å²) in [4.78, 5) is 20.5. The Morgan fingerprint density at radius 1 is 1.35 bits per heavy atom. The maximum Gasteiger partial charge on any atom is 0.216 e. The third-order valence-corrected chi connectivity index (χ3v) is 7.70. The van der Waals surface area contributed by atoms with E-state index in [2.05, 4.69) is 26.0 Å². The Balaban J connectivity index is 1.20. The maximum absolute atomic E-state index is 11.7. The van der Waals surface area contributed by atoms with Crippen molar-refractivity contribution in [3.8, 4) is 16.9 Å². The van der Waals surface area contributed by atoms with E-state index < -0.39 is 12.8 Å². The molecule has 1 amide bonds. The highest BCUT2D eigenvalue weighted by atomic mass is 16.6. The van der Waals surface area contributed by atoms with Gasteiger partial charge in [-0.25, -0.2) is 9.97 Å². The lowest BCUT2D eigenvalue weighted by atomic mass is 9.80. The fourth-order valence-electron chi connectivity index (χ4n) is 5.79. The molecule has 0 unspecified atom stereocenters. The van der Waals surface area contributed by atoms with Crippen molar-refractivity contribution in [3.05, 3.63) is 36.8 Å². The number of benzene rings is 1. The number of carbonyl (C=O) groups excluding carboxylic acids is 1. The number of hydrogen-bond acceptors (Lipinski definition) is 6. The summed E-state index contributed by atoms with van der Waals surface area (Å²) in [5, 5.41) is 3.34. The van der Waals surface area contributed by atoms with Gasteiger partial charge in [0, 0.05) is 35.3 Å². The first-order valence-electron chi connectivity index (χ1n) is 13.5. The van der Waals surface area contributed by atoms with Gasteiger partial charge < -0.3 is 25.1 Å². The van der Waals surface area contributed by atoms with Crippen LogP contribution in [0.1, 0.15) is 55.5 Å². The van der Waals surface area contributed by atoms with E-state index in [1.165, 1.54) is 6.33 Å². The molecule has 3 aromatic rings. The fraction of sp³-hybridized carbons (Fsp3) is 0.500. The summed E-state index contributed by atoms with van der Waals surface area (Å²) in [7, 11) is 0. The molecule has 0 atom stereocenters. The van der Waals surface area contributed by atoms with Crippen LogP contribution >= 0.6 is 0 Å². The normalized spacial score (nSPS) is 29.3. The molecule has 1 aliphatic carbocycles. The minimum absolute atomic E-state index is 0.140. The van der Waals surface area contributed by atoms with Crippen molar-refractivity contribution in [1.82, 2.24) is 19.9 Å². The Kier molecular flexibility index (Phi) is 4.43. The van der Waals surface area contributed by atoms with Gasteiger partial charge in [-0.2, -0.15) is 0 Å². The first-order chi connectivity index (χ1) is 17.7. The first-order valence-corrected chi connectivity index (χ1v) is 12.0. The molecular weight excluding hydrogens is 430 g/mol. The van der Waals surface area contributed by atoms with Crippen LogP contribution in [0, 0.1) is 5.92 Å². The molecule has 2 aromatic heterocycles. The molecule has 3 aliphatic rings. The van der Waals surface area contributed by atoms with Crippen molar-refractivity contribution in [1.29, 1.82) is 0 Å². The third kappa shape index (κ3) is 3.79. The number of aromatic nitrogens is 3. The molecular formula is C26H31N5O3. The van der Waals surface area contributed by atoms with Crippen LogP contribution in [0.3, 0.4) is 0 Å². The number of nitrogens with zero attached hydrogens (tertiary/aromatic N) is 3. The van der Waals surface area contributed by atoms with Crippen LogP contribution in [0.15, 0.2) is 36.8 Å². The quantitative estimate of drug-likeness (QED) is 0.550. The van der Waals surface area contributed by atoms with E-state index >= 15 is 0 Å². The molecule has 8 heteroatoms. The van der Waals surface area contributed by atoms with Gasteiger partial charge in [-0.1, -0.05) is 12.1 Å². The largest absolute Gasteiger partial charge is 0.491 e. The van der Waals surface area contributed by atoms with Crippen molar-refractivity contribution in [2.75, 3.05) is 18.9 Å². The lowest BCUT2D eigenvalue weighted by molar-refractivity contribution is -0.119. The van der Waals surface area contributed by atoms with Crippen LogP contribution in [0.5, 0.6) is 5.75 Å². The van der Waals surface area contributed by atoms with E-state index in [0.717, 1.165) is 66.4 Å². The third-order valence-electron chi connectivity index (χ3n) is 7.70. The molecule has 1 saturated carbocycles. The second kappa shape index (κ2) is 8.27. The van der Waals surface area contributed by atoms with E-state index in [4.69, 9.17) is 19.3 Å². The number of rotatable bonds is 7. The molecule has 34 heavy (non-hydrogen) atoms. The van der Waals surface area contributed by atoms with Crippen molar-refractivity contribution in [2.45, 2.75) is 63.1 Å². The van der Waals surface area contributed by atoms with Gasteiger partial charge in [0.15, 0.2) is 0 Å². The van der Waals surface area contributed by atoms with Crippen LogP contribution in [0.2, 0.25) is 0 Å². The number of carbonyl (C=O) groups is 1. The number of fused-ring (bicyclic) bond motifs is 3. The lowest BCUT2D eigenvalue weighted by Gasteiger charge is -2.36. The van der Waals surface area contributed by atoms with Gasteiger partial charge in [-0.3, -0.25) is 4.79 Å². The number of nitrogen functional groups attached to an aromatic ring is 1. The second-order valence-corrected chi connectivity index (χ2v) is 9.93. The average Bonchev–Trinajstić information content (AvgIpc) is 3.55. The minimum Gasteiger partial charge on any atom is -0.491 e. The number of hydrogen-bond donors (Lipinski definition) is 2. The van der Waals surface area contributed by atoms with Gasteiger partial charge in [0.25, 0.3) is 0 Å². The van der Waals surface area contributed by atoms with Crippen LogP contribution in [-0.2, 0) is 9.53 Å². The highest BCUT2D eigenvalue weighted by Gasteiger charge is 2.46. The van der Waals surface area contributed by atoms with Crippen LogP contribution in [0.4, 0.5) is 5.82 Å². The SMILES string of the molecule is [2H]C([2H])([2H])C(=O)NCC1CC(n2cc(-c3cccc(OCC45CCC(CC4)O5)c3)c3c(N)ncnc32)C1. The zero-order valence-electron chi connectivity index (χ0n) is 22.0. The molecule has 3 fully saturated rings. The van der Waals surface area contributed by atoms with Gasteiger partial charge in [-0.15, -0.1) is 0 Å². The standard InChI is InChI=1S/C26H31N5O3/c1-16(32)28-12-17-9-19(10-17)31-13-22(23-24(27)29-15-30-25(23)31)18-3-2-4-21(11-18)33-14-26-7-5-20(34-26)6-8-26/h2-4,11,13,15,17,19-20H,5-10,12,14H2,1H3,(H,28,32)(H2,27,29,30)/i1D3. The summed E-state index contributed by atoms with van der Waals surface area (Å²) in [5.41, 5.74) is 8.85. The highest BCUT2D eigenvalue weighted by molar-refractivity contribution is 6.00. The zero-order chi connectivity index (χ0) is 25.8. The van der Waals surface area contributed by atoms with E-state index in [1.807, 2.05) is 24.3 Å². The second-order valence-electron chi connectivity index (χ2n) is 9.93. The summed E-state index contributed by atoms with van der Waals surface area (Å²) in [6, 6.07) is 8.17. The van der Waals surface area contributed by atoms with Crippen molar-refractivity contribution in [2.24, 2.45) is 5.92 Å². The van der Waals surface area contributed by atoms with E-state index in [1.54, 1.807) is 0 Å². The molecule has 6 rings (SSSR count). The van der Waals surface area contributed by atoms with Gasteiger partial charge in [0.05, 0.1) is 11.5 Å². The summed E-state index contributed by atoms with van der Waals surface area (Å²) >= 11 is 0. The topological polar surface area (TPSA) is 104 Å². The van der Waals surface area contributed by atoms with E-state index in [9.17, 15) is 4.79 Å². The van der Waals surface area contributed by atoms with E-state index in [0.29, 0.717) is 25.1 Å². The molecule has 0 radical (unpaired) electrons. The number of nitrogens with one attached hydrogen (secondary N) is 1. The zero-order valence-corrected chi connectivity index (χ0v) is 19.0. The molecule has 2 aliphatic heterocycles. The summed E-state index contributed by atoms with van der Waals surface area (Å²) in [6.07, 6.45) is 9.90.